The zero-order valence-electron chi connectivity index (χ0n) is 12.8. The summed E-state index contributed by atoms with van der Waals surface area (Å²) in [6.07, 6.45) is 3.27. The molecule has 0 saturated carbocycles. The predicted molar refractivity (Wildman–Crippen MR) is 88.0 cm³/mol. The second kappa shape index (κ2) is 5.86. The summed E-state index contributed by atoms with van der Waals surface area (Å²) in [6.45, 7) is 5.20. The molecule has 1 aromatic carbocycles. The van der Waals surface area contributed by atoms with Crippen LogP contribution in [0.1, 0.15) is 42.6 Å². The zero-order valence-corrected chi connectivity index (χ0v) is 12.8. The van der Waals surface area contributed by atoms with Crippen LogP contribution < -0.4 is 10.6 Å². The molecule has 1 aliphatic rings. The van der Waals surface area contributed by atoms with Crippen LogP contribution in [0.5, 0.6) is 0 Å². The summed E-state index contributed by atoms with van der Waals surface area (Å²) in [7, 11) is 0. The second-order valence-corrected chi connectivity index (χ2v) is 5.74. The van der Waals surface area contributed by atoms with Gasteiger partial charge in [0, 0.05) is 24.0 Å². The minimum Gasteiger partial charge on any atom is -0.326 e. The molecule has 0 aliphatic carbocycles. The maximum atomic E-state index is 6.15. The van der Waals surface area contributed by atoms with Gasteiger partial charge >= 0.3 is 0 Å². The van der Waals surface area contributed by atoms with E-state index < -0.39 is 0 Å². The number of aryl methyl sites for hydroxylation is 2. The first kappa shape index (κ1) is 14.1. The van der Waals surface area contributed by atoms with E-state index in [1.807, 2.05) is 0 Å². The van der Waals surface area contributed by atoms with Crippen molar-refractivity contribution in [1.82, 2.24) is 4.98 Å². The number of fused-ring (bicyclic) bond motifs is 1. The van der Waals surface area contributed by atoms with E-state index in [1.165, 1.54) is 17.7 Å². The minimum atomic E-state index is 0.0835. The van der Waals surface area contributed by atoms with Crippen molar-refractivity contribution in [3.8, 4) is 0 Å². The number of nitrogens with zero attached hydrogens (tertiary/aromatic N) is 2. The summed E-state index contributed by atoms with van der Waals surface area (Å²) in [6, 6.07) is 13.0. The van der Waals surface area contributed by atoms with E-state index in [0.29, 0.717) is 0 Å². The minimum absolute atomic E-state index is 0.0835. The summed E-state index contributed by atoms with van der Waals surface area (Å²) in [4.78, 5) is 7.14. The summed E-state index contributed by atoms with van der Waals surface area (Å²) < 4.78 is 0. The number of hydrogen-bond acceptors (Lipinski definition) is 3. The Bertz CT molecular complexity index is 636. The summed E-state index contributed by atoms with van der Waals surface area (Å²) in [5.74, 6) is 1.03. The second-order valence-electron chi connectivity index (χ2n) is 5.74. The molecule has 3 rings (SSSR count). The van der Waals surface area contributed by atoms with Gasteiger partial charge in [0.2, 0.25) is 0 Å². The van der Waals surface area contributed by atoms with Crippen molar-refractivity contribution < 1.29 is 0 Å². The fraction of sp³-hybridized carbons (Fsp3) is 0.389. The third kappa shape index (κ3) is 2.66. The number of hydrogen-bond donors (Lipinski definition) is 1. The van der Waals surface area contributed by atoms with Crippen LogP contribution in [0.15, 0.2) is 36.4 Å². The van der Waals surface area contributed by atoms with Crippen molar-refractivity contribution in [3.63, 3.8) is 0 Å². The normalized spacial score (nSPS) is 15.7. The van der Waals surface area contributed by atoms with Crippen molar-refractivity contribution >= 4 is 11.5 Å². The van der Waals surface area contributed by atoms with Crippen molar-refractivity contribution in [1.29, 1.82) is 0 Å². The van der Waals surface area contributed by atoms with Crippen molar-refractivity contribution in [3.05, 3.63) is 53.2 Å². The molecule has 2 N–H and O–H groups in total. The van der Waals surface area contributed by atoms with Gasteiger partial charge in [-0.1, -0.05) is 31.2 Å². The number of pyridine rings is 1. The molecule has 2 heterocycles. The van der Waals surface area contributed by atoms with Gasteiger partial charge in [0.05, 0.1) is 0 Å². The van der Waals surface area contributed by atoms with E-state index in [1.54, 1.807) is 0 Å². The molecule has 0 saturated heterocycles. The van der Waals surface area contributed by atoms with Crippen molar-refractivity contribution in [2.24, 2.45) is 5.73 Å². The molecule has 0 spiro atoms. The number of aromatic nitrogens is 1. The standard InChI is InChI=1S/C18H23N3/c1-3-16(19)15-10-11-18(20-13(15)2)21-12-6-8-14-7-4-5-9-17(14)21/h4-5,7,9-11,16H,3,6,8,12,19H2,1-2H3/t16-/m1/s1. The number of para-hydroxylation sites is 1. The van der Waals surface area contributed by atoms with Gasteiger partial charge < -0.3 is 10.6 Å². The van der Waals surface area contributed by atoms with Gasteiger partial charge in [-0.15, -0.1) is 0 Å². The Morgan fingerprint density at radius 3 is 2.81 bits per heavy atom. The van der Waals surface area contributed by atoms with Gasteiger partial charge in [0.15, 0.2) is 0 Å². The number of rotatable bonds is 3. The van der Waals surface area contributed by atoms with E-state index in [-0.39, 0.29) is 6.04 Å². The van der Waals surface area contributed by atoms with Crippen molar-refractivity contribution in [2.75, 3.05) is 11.4 Å². The molecule has 0 radical (unpaired) electrons. The molecule has 0 amide bonds. The Balaban J connectivity index is 1.97. The average molecular weight is 281 g/mol. The van der Waals surface area contributed by atoms with Crippen molar-refractivity contribution in [2.45, 2.75) is 39.2 Å². The molecule has 110 valence electrons. The maximum Gasteiger partial charge on any atom is 0.133 e. The van der Waals surface area contributed by atoms with Gasteiger partial charge in [-0.25, -0.2) is 4.98 Å². The molecule has 3 nitrogen and oxygen atoms in total. The van der Waals surface area contributed by atoms with E-state index in [0.717, 1.165) is 36.5 Å². The van der Waals surface area contributed by atoms with Gasteiger partial charge in [-0.05, 0) is 49.4 Å². The lowest BCUT2D eigenvalue weighted by Gasteiger charge is -2.31. The SMILES string of the molecule is CC[C@@H](N)c1ccc(N2CCCc3ccccc32)nc1C. The Morgan fingerprint density at radius 2 is 2.05 bits per heavy atom. The Hall–Kier alpha value is -1.87. The predicted octanol–water partition coefficient (Wildman–Crippen LogP) is 3.88. The molecule has 0 bridgehead atoms. The van der Waals surface area contributed by atoms with E-state index >= 15 is 0 Å². The van der Waals surface area contributed by atoms with Gasteiger partial charge in [-0.3, -0.25) is 0 Å². The highest BCUT2D eigenvalue weighted by Gasteiger charge is 2.19. The number of benzene rings is 1. The highest BCUT2D eigenvalue weighted by molar-refractivity contribution is 5.65. The Labute approximate surface area is 126 Å². The highest BCUT2D eigenvalue weighted by atomic mass is 15.2. The summed E-state index contributed by atoms with van der Waals surface area (Å²) >= 11 is 0. The smallest absolute Gasteiger partial charge is 0.133 e. The lowest BCUT2D eigenvalue weighted by molar-refractivity contribution is 0.687. The third-order valence-corrected chi connectivity index (χ3v) is 4.34. The fourth-order valence-electron chi connectivity index (χ4n) is 3.09. The van der Waals surface area contributed by atoms with Crippen LogP contribution in [0.4, 0.5) is 11.5 Å². The van der Waals surface area contributed by atoms with Gasteiger partial charge in [0.1, 0.15) is 5.82 Å². The molecular formula is C18H23N3. The lowest BCUT2D eigenvalue weighted by atomic mass is 10.0. The summed E-state index contributed by atoms with van der Waals surface area (Å²) in [5.41, 5.74) is 11.1. The molecule has 2 aromatic rings. The number of nitrogens with two attached hydrogens (primary N) is 1. The summed E-state index contributed by atoms with van der Waals surface area (Å²) in [5, 5.41) is 0. The first-order valence-corrected chi connectivity index (χ1v) is 7.79. The molecule has 0 fully saturated rings. The van der Waals surface area contributed by atoms with Gasteiger partial charge in [0.25, 0.3) is 0 Å². The lowest BCUT2D eigenvalue weighted by Crippen LogP contribution is -2.25. The van der Waals surface area contributed by atoms with Crippen LogP contribution in [-0.4, -0.2) is 11.5 Å². The average Bonchev–Trinajstić information content (AvgIpc) is 2.53. The van der Waals surface area contributed by atoms with E-state index in [9.17, 15) is 0 Å². The first-order chi connectivity index (χ1) is 10.2. The van der Waals surface area contributed by atoms with Gasteiger partial charge in [-0.2, -0.15) is 0 Å². The van der Waals surface area contributed by atoms with Crippen LogP contribution in [-0.2, 0) is 6.42 Å². The molecule has 1 atom stereocenters. The molecule has 3 heteroatoms. The molecule has 1 aliphatic heterocycles. The first-order valence-electron chi connectivity index (χ1n) is 7.79. The quantitative estimate of drug-likeness (QED) is 0.928. The maximum absolute atomic E-state index is 6.15. The van der Waals surface area contributed by atoms with Crippen LogP contribution in [0, 0.1) is 6.92 Å². The monoisotopic (exact) mass is 281 g/mol. The highest BCUT2D eigenvalue weighted by Crippen LogP contribution is 2.33. The molecular weight excluding hydrogens is 258 g/mol. The third-order valence-electron chi connectivity index (χ3n) is 4.34. The zero-order chi connectivity index (χ0) is 14.8. The van der Waals surface area contributed by atoms with Crippen LogP contribution in [0.25, 0.3) is 0 Å². The van der Waals surface area contributed by atoms with Crippen LogP contribution in [0.3, 0.4) is 0 Å². The molecule has 1 aromatic heterocycles. The molecule has 0 unspecified atom stereocenters. The Morgan fingerprint density at radius 1 is 1.24 bits per heavy atom. The van der Waals surface area contributed by atoms with Crippen LogP contribution in [0.2, 0.25) is 0 Å². The topological polar surface area (TPSA) is 42.1 Å². The number of anilines is 2. The van der Waals surface area contributed by atoms with E-state index in [2.05, 4.69) is 55.1 Å². The van der Waals surface area contributed by atoms with Crippen LogP contribution >= 0.6 is 0 Å². The fourth-order valence-corrected chi connectivity index (χ4v) is 3.09. The Kier molecular flexibility index (Phi) is 3.93. The molecule has 21 heavy (non-hydrogen) atoms. The van der Waals surface area contributed by atoms with E-state index in [4.69, 9.17) is 10.7 Å². The largest absolute Gasteiger partial charge is 0.326 e.